The van der Waals surface area contributed by atoms with Crippen LogP contribution in [0.3, 0.4) is 0 Å². The molecular formula is C18H36N2. The molecule has 1 aliphatic carbocycles. The van der Waals surface area contributed by atoms with Crippen LogP contribution in [-0.4, -0.2) is 29.6 Å². The summed E-state index contributed by atoms with van der Waals surface area (Å²) in [5, 5.41) is 0. The lowest BCUT2D eigenvalue weighted by Crippen LogP contribution is -2.62. The van der Waals surface area contributed by atoms with Crippen molar-refractivity contribution in [2.45, 2.75) is 85.2 Å². The first-order chi connectivity index (χ1) is 9.11. The van der Waals surface area contributed by atoms with E-state index >= 15 is 0 Å². The minimum atomic E-state index is 0.233. The van der Waals surface area contributed by atoms with Crippen LogP contribution in [0, 0.1) is 16.7 Å². The molecule has 1 saturated heterocycles. The summed E-state index contributed by atoms with van der Waals surface area (Å²) in [7, 11) is 0. The lowest BCUT2D eigenvalue weighted by molar-refractivity contribution is -0.0563. The van der Waals surface area contributed by atoms with Gasteiger partial charge in [-0.3, -0.25) is 4.90 Å². The molecule has 0 bridgehead atoms. The van der Waals surface area contributed by atoms with Gasteiger partial charge in [0, 0.05) is 18.1 Å². The molecule has 0 aromatic rings. The molecule has 1 saturated carbocycles. The molecule has 0 spiro atoms. The van der Waals surface area contributed by atoms with Crippen molar-refractivity contribution < 1.29 is 0 Å². The molecule has 0 aromatic carbocycles. The zero-order chi connectivity index (χ0) is 15.2. The van der Waals surface area contributed by atoms with Gasteiger partial charge in [-0.15, -0.1) is 0 Å². The monoisotopic (exact) mass is 280 g/mol. The van der Waals surface area contributed by atoms with E-state index in [-0.39, 0.29) is 5.54 Å². The van der Waals surface area contributed by atoms with Gasteiger partial charge in [0.1, 0.15) is 0 Å². The van der Waals surface area contributed by atoms with Crippen LogP contribution in [0.5, 0.6) is 0 Å². The molecular weight excluding hydrogens is 244 g/mol. The fourth-order valence-corrected chi connectivity index (χ4v) is 5.80. The Morgan fingerprint density at radius 3 is 2.05 bits per heavy atom. The summed E-state index contributed by atoms with van der Waals surface area (Å²) in [5.41, 5.74) is 7.43. The highest BCUT2D eigenvalue weighted by Crippen LogP contribution is 2.53. The maximum absolute atomic E-state index is 6.38. The van der Waals surface area contributed by atoms with E-state index in [1.165, 1.54) is 38.6 Å². The Bertz CT molecular complexity index is 327. The maximum Gasteiger partial charge on any atom is 0.0344 e. The van der Waals surface area contributed by atoms with Crippen molar-refractivity contribution in [2.75, 3.05) is 13.1 Å². The number of hydrogen-bond acceptors (Lipinski definition) is 2. The normalized spacial score (nSPS) is 32.7. The summed E-state index contributed by atoms with van der Waals surface area (Å²) >= 11 is 0. The third kappa shape index (κ3) is 3.06. The van der Waals surface area contributed by atoms with E-state index in [0.717, 1.165) is 18.5 Å². The average Bonchev–Trinajstić information content (AvgIpc) is 2.73. The van der Waals surface area contributed by atoms with Gasteiger partial charge in [-0.2, -0.15) is 0 Å². The average molecular weight is 280 g/mol. The van der Waals surface area contributed by atoms with Crippen LogP contribution >= 0.6 is 0 Å². The molecule has 0 amide bonds. The Morgan fingerprint density at radius 2 is 1.60 bits per heavy atom. The molecule has 20 heavy (non-hydrogen) atoms. The molecule has 1 heterocycles. The van der Waals surface area contributed by atoms with E-state index in [4.69, 9.17) is 5.73 Å². The third-order valence-electron chi connectivity index (χ3n) is 5.63. The largest absolute Gasteiger partial charge is 0.329 e. The quantitative estimate of drug-likeness (QED) is 0.845. The van der Waals surface area contributed by atoms with Crippen molar-refractivity contribution in [3.05, 3.63) is 0 Å². The first kappa shape index (κ1) is 16.3. The van der Waals surface area contributed by atoms with Gasteiger partial charge in [0.2, 0.25) is 0 Å². The van der Waals surface area contributed by atoms with Gasteiger partial charge in [-0.05, 0) is 55.4 Å². The zero-order valence-corrected chi connectivity index (χ0v) is 14.6. The molecule has 2 aliphatic rings. The molecule has 0 radical (unpaired) electrons. The Balaban J connectivity index is 2.32. The van der Waals surface area contributed by atoms with Crippen LogP contribution in [0.1, 0.15) is 73.6 Å². The van der Waals surface area contributed by atoms with Gasteiger partial charge in [-0.1, -0.05) is 41.5 Å². The molecule has 1 aliphatic heterocycles. The number of hydrogen-bond donors (Lipinski definition) is 1. The number of rotatable bonds is 3. The van der Waals surface area contributed by atoms with Crippen LogP contribution in [0.2, 0.25) is 0 Å². The molecule has 1 unspecified atom stereocenters. The molecule has 1 atom stereocenters. The molecule has 2 N–H and O–H groups in total. The fourth-order valence-electron chi connectivity index (χ4n) is 5.80. The minimum absolute atomic E-state index is 0.233. The third-order valence-corrected chi connectivity index (χ3v) is 5.63. The molecule has 2 rings (SSSR count). The number of likely N-dealkylation sites (tertiary alicyclic amines) is 1. The Morgan fingerprint density at radius 1 is 1.05 bits per heavy atom. The van der Waals surface area contributed by atoms with Gasteiger partial charge in [0.15, 0.2) is 0 Å². The summed E-state index contributed by atoms with van der Waals surface area (Å²) in [6, 6.07) is 0.739. The van der Waals surface area contributed by atoms with E-state index in [2.05, 4.69) is 46.4 Å². The summed E-state index contributed by atoms with van der Waals surface area (Å²) in [6.07, 6.45) is 6.57. The first-order valence-electron chi connectivity index (χ1n) is 8.58. The lowest BCUT2D eigenvalue weighted by Gasteiger charge is -2.57. The van der Waals surface area contributed by atoms with Crippen molar-refractivity contribution in [3.8, 4) is 0 Å². The van der Waals surface area contributed by atoms with E-state index in [0.29, 0.717) is 10.8 Å². The topological polar surface area (TPSA) is 29.3 Å². The Kier molecular flexibility index (Phi) is 4.30. The van der Waals surface area contributed by atoms with Crippen LogP contribution in [0.4, 0.5) is 0 Å². The number of nitrogens with zero attached hydrogens (tertiary/aromatic N) is 1. The van der Waals surface area contributed by atoms with Gasteiger partial charge in [0.05, 0.1) is 0 Å². The fraction of sp³-hybridized carbons (Fsp3) is 1.00. The number of nitrogens with two attached hydrogens (primary N) is 1. The molecule has 2 heteroatoms. The highest BCUT2D eigenvalue weighted by Gasteiger charge is 2.52. The van der Waals surface area contributed by atoms with Gasteiger partial charge in [0.25, 0.3) is 0 Å². The van der Waals surface area contributed by atoms with Crippen molar-refractivity contribution in [2.24, 2.45) is 22.5 Å². The van der Waals surface area contributed by atoms with Crippen molar-refractivity contribution >= 4 is 0 Å². The van der Waals surface area contributed by atoms with Crippen LogP contribution < -0.4 is 5.73 Å². The predicted octanol–water partition coefficient (Wildman–Crippen LogP) is 4.04. The molecule has 2 nitrogen and oxygen atoms in total. The second kappa shape index (κ2) is 5.28. The van der Waals surface area contributed by atoms with Crippen LogP contribution in [0.15, 0.2) is 0 Å². The summed E-state index contributed by atoms with van der Waals surface area (Å²) in [5.74, 6) is 0.745. The highest BCUT2D eigenvalue weighted by atomic mass is 15.3. The van der Waals surface area contributed by atoms with Gasteiger partial charge in [-0.25, -0.2) is 0 Å². The predicted molar refractivity (Wildman–Crippen MR) is 87.8 cm³/mol. The van der Waals surface area contributed by atoms with Crippen molar-refractivity contribution in [1.82, 2.24) is 4.90 Å². The highest BCUT2D eigenvalue weighted by molar-refractivity contribution is 5.07. The maximum atomic E-state index is 6.38. The second-order valence-corrected chi connectivity index (χ2v) is 9.43. The molecule has 0 aromatic heterocycles. The van der Waals surface area contributed by atoms with Gasteiger partial charge >= 0.3 is 0 Å². The molecule has 2 fully saturated rings. The first-order valence-corrected chi connectivity index (χ1v) is 8.58. The van der Waals surface area contributed by atoms with Crippen LogP contribution in [-0.2, 0) is 0 Å². The smallest absolute Gasteiger partial charge is 0.0344 e. The van der Waals surface area contributed by atoms with Crippen LogP contribution in [0.25, 0.3) is 0 Å². The van der Waals surface area contributed by atoms with E-state index in [9.17, 15) is 0 Å². The van der Waals surface area contributed by atoms with E-state index in [1.807, 2.05) is 0 Å². The van der Waals surface area contributed by atoms with Crippen molar-refractivity contribution in [1.29, 1.82) is 0 Å². The Hall–Kier alpha value is -0.0800. The molecule has 118 valence electrons. The standard InChI is InChI=1S/C18H36N2/c1-14(2)15-8-7-9-20(15)18(13-19)11-16(3,4)10-17(5,6)12-18/h14-15H,7-13,19H2,1-6H3. The summed E-state index contributed by atoms with van der Waals surface area (Å²) in [4.78, 5) is 2.82. The second-order valence-electron chi connectivity index (χ2n) is 9.43. The zero-order valence-electron chi connectivity index (χ0n) is 14.6. The van der Waals surface area contributed by atoms with E-state index in [1.54, 1.807) is 0 Å². The van der Waals surface area contributed by atoms with E-state index < -0.39 is 0 Å². The van der Waals surface area contributed by atoms with Crippen molar-refractivity contribution in [3.63, 3.8) is 0 Å². The summed E-state index contributed by atoms with van der Waals surface area (Å²) < 4.78 is 0. The minimum Gasteiger partial charge on any atom is -0.329 e. The Labute approximate surface area is 126 Å². The van der Waals surface area contributed by atoms with Gasteiger partial charge < -0.3 is 5.73 Å². The lowest BCUT2D eigenvalue weighted by atomic mass is 9.57. The SMILES string of the molecule is CC(C)C1CCCN1C1(CN)CC(C)(C)CC(C)(C)C1. The summed E-state index contributed by atoms with van der Waals surface area (Å²) in [6.45, 7) is 16.6.